The van der Waals surface area contributed by atoms with Crippen molar-refractivity contribution in [2.75, 3.05) is 0 Å². The molecule has 4 rings (SSSR count). The number of hydrogen-bond acceptors (Lipinski definition) is 4. The highest BCUT2D eigenvalue weighted by Crippen LogP contribution is 2.24. The van der Waals surface area contributed by atoms with E-state index in [9.17, 15) is 4.79 Å². The molecule has 0 unspecified atom stereocenters. The van der Waals surface area contributed by atoms with Crippen LogP contribution < -0.4 is 10.1 Å². The van der Waals surface area contributed by atoms with Crippen LogP contribution in [0.1, 0.15) is 39.7 Å². The van der Waals surface area contributed by atoms with Crippen LogP contribution in [0.15, 0.2) is 83.4 Å². The van der Waals surface area contributed by atoms with Gasteiger partial charge in [0.1, 0.15) is 18.1 Å². The van der Waals surface area contributed by atoms with E-state index in [1.807, 2.05) is 92.7 Å². The van der Waals surface area contributed by atoms with Crippen LogP contribution in [0.4, 0.5) is 0 Å². The number of nitrogens with zero attached hydrogens (tertiary/aromatic N) is 1. The molecule has 3 aromatic carbocycles. The monoisotopic (exact) mass is 460 g/mol. The van der Waals surface area contributed by atoms with Crippen molar-refractivity contribution in [3.05, 3.63) is 118 Å². The van der Waals surface area contributed by atoms with Gasteiger partial charge in [-0.3, -0.25) is 4.79 Å². The Hall–Kier alpha value is -3.57. The number of aromatic nitrogens is 1. The number of halogens is 1. The van der Waals surface area contributed by atoms with Crippen molar-refractivity contribution < 1.29 is 14.1 Å². The summed E-state index contributed by atoms with van der Waals surface area (Å²) >= 11 is 6.05. The molecule has 0 saturated carbocycles. The first-order valence-electron chi connectivity index (χ1n) is 10.7. The molecule has 0 aliphatic rings. The summed E-state index contributed by atoms with van der Waals surface area (Å²) in [6.45, 7) is 4.15. The van der Waals surface area contributed by atoms with Crippen LogP contribution in [0, 0.1) is 13.8 Å². The van der Waals surface area contributed by atoms with Gasteiger partial charge >= 0.3 is 0 Å². The van der Waals surface area contributed by atoms with Gasteiger partial charge in [-0.05, 0) is 54.8 Å². The van der Waals surface area contributed by atoms with Gasteiger partial charge in [0.2, 0.25) is 5.91 Å². The van der Waals surface area contributed by atoms with E-state index in [-0.39, 0.29) is 18.4 Å². The van der Waals surface area contributed by atoms with Gasteiger partial charge in [0.15, 0.2) is 0 Å². The summed E-state index contributed by atoms with van der Waals surface area (Å²) in [5.41, 5.74) is 4.67. The lowest BCUT2D eigenvalue weighted by Gasteiger charge is -2.20. The van der Waals surface area contributed by atoms with Crippen molar-refractivity contribution in [3.63, 3.8) is 0 Å². The minimum Gasteiger partial charge on any atom is -0.489 e. The third-order valence-corrected chi connectivity index (χ3v) is 5.75. The Kier molecular flexibility index (Phi) is 7.10. The topological polar surface area (TPSA) is 64.4 Å². The average molecular weight is 461 g/mol. The van der Waals surface area contributed by atoms with Crippen molar-refractivity contribution in [2.45, 2.75) is 32.9 Å². The summed E-state index contributed by atoms with van der Waals surface area (Å²) in [5.74, 6) is 1.42. The molecule has 6 heteroatoms. The molecule has 1 atom stereocenters. The van der Waals surface area contributed by atoms with E-state index < -0.39 is 0 Å². The predicted molar refractivity (Wildman–Crippen MR) is 128 cm³/mol. The van der Waals surface area contributed by atoms with Gasteiger partial charge < -0.3 is 14.6 Å². The van der Waals surface area contributed by atoms with Gasteiger partial charge in [0.05, 0.1) is 23.7 Å². The molecule has 4 aromatic rings. The first kappa shape index (κ1) is 22.6. The zero-order chi connectivity index (χ0) is 23.2. The Bertz CT molecular complexity index is 1180. The first-order valence-corrected chi connectivity index (χ1v) is 11.1. The van der Waals surface area contributed by atoms with E-state index in [2.05, 4.69) is 10.5 Å². The second-order valence-corrected chi connectivity index (χ2v) is 8.31. The maximum Gasteiger partial charge on any atom is 0.225 e. The molecule has 33 heavy (non-hydrogen) atoms. The Balaban J connectivity index is 1.40. The quantitative estimate of drug-likeness (QED) is 0.351. The SMILES string of the molecule is Cc1noc(C)c1COc1ccc(CC(=O)N[C@H](c2ccccc2)c2ccc(Cl)cc2)cc1. The van der Waals surface area contributed by atoms with Gasteiger partial charge in [0.25, 0.3) is 0 Å². The standard InChI is InChI=1S/C27H25ClN2O3/c1-18-25(19(2)33-30-18)17-32-24-14-8-20(9-15-24)16-26(31)29-27(21-6-4-3-5-7-21)22-10-12-23(28)13-11-22/h3-15,27H,16-17H2,1-2H3,(H,29,31)/t27-/m1/s1. The number of aryl methyl sites for hydroxylation is 2. The summed E-state index contributed by atoms with van der Waals surface area (Å²) in [7, 11) is 0. The minimum atomic E-state index is -0.256. The number of carbonyl (C=O) groups excluding carboxylic acids is 1. The van der Waals surface area contributed by atoms with Crippen LogP contribution in [-0.4, -0.2) is 11.1 Å². The van der Waals surface area contributed by atoms with Gasteiger partial charge in [0, 0.05) is 5.02 Å². The number of rotatable bonds is 8. The lowest BCUT2D eigenvalue weighted by Crippen LogP contribution is -2.30. The molecule has 1 amide bonds. The summed E-state index contributed by atoms with van der Waals surface area (Å²) in [4.78, 5) is 12.9. The van der Waals surface area contributed by atoms with Crippen molar-refractivity contribution in [1.82, 2.24) is 10.5 Å². The number of hydrogen-bond donors (Lipinski definition) is 1. The van der Waals surface area contributed by atoms with E-state index in [1.165, 1.54) is 0 Å². The van der Waals surface area contributed by atoms with Gasteiger partial charge in [-0.25, -0.2) is 0 Å². The molecule has 0 spiro atoms. The lowest BCUT2D eigenvalue weighted by atomic mass is 9.98. The highest BCUT2D eigenvalue weighted by Gasteiger charge is 2.17. The van der Waals surface area contributed by atoms with Gasteiger partial charge in [-0.1, -0.05) is 71.4 Å². The van der Waals surface area contributed by atoms with Crippen LogP contribution in [0.2, 0.25) is 5.02 Å². The fraction of sp³-hybridized carbons (Fsp3) is 0.185. The van der Waals surface area contributed by atoms with Crippen LogP contribution in [0.5, 0.6) is 5.75 Å². The predicted octanol–water partition coefficient (Wildman–Crippen LogP) is 5.97. The molecule has 5 nitrogen and oxygen atoms in total. The first-order chi connectivity index (χ1) is 16.0. The van der Waals surface area contributed by atoms with E-state index >= 15 is 0 Å². The fourth-order valence-electron chi connectivity index (χ4n) is 3.62. The zero-order valence-corrected chi connectivity index (χ0v) is 19.3. The number of nitrogens with one attached hydrogen (secondary N) is 1. The van der Waals surface area contributed by atoms with Crippen molar-refractivity contribution in [1.29, 1.82) is 0 Å². The van der Waals surface area contributed by atoms with Crippen LogP contribution >= 0.6 is 11.6 Å². The zero-order valence-electron chi connectivity index (χ0n) is 18.5. The highest BCUT2D eigenvalue weighted by atomic mass is 35.5. The number of carbonyl (C=O) groups is 1. The van der Waals surface area contributed by atoms with Crippen molar-refractivity contribution in [2.24, 2.45) is 0 Å². The second kappa shape index (κ2) is 10.4. The minimum absolute atomic E-state index is 0.0665. The van der Waals surface area contributed by atoms with Crippen LogP contribution in [-0.2, 0) is 17.8 Å². The molecule has 1 aromatic heterocycles. The smallest absolute Gasteiger partial charge is 0.225 e. The molecule has 1 N–H and O–H groups in total. The van der Waals surface area contributed by atoms with E-state index in [1.54, 1.807) is 0 Å². The van der Waals surface area contributed by atoms with E-state index in [4.69, 9.17) is 20.9 Å². The summed E-state index contributed by atoms with van der Waals surface area (Å²) in [6, 6.07) is 24.7. The largest absolute Gasteiger partial charge is 0.489 e. The second-order valence-electron chi connectivity index (χ2n) is 7.87. The van der Waals surface area contributed by atoms with Gasteiger partial charge in [-0.15, -0.1) is 0 Å². The Labute approximate surface area is 198 Å². The molecule has 1 heterocycles. The molecule has 0 radical (unpaired) electrons. The normalized spacial score (nSPS) is 11.7. The maximum absolute atomic E-state index is 12.9. The Morgan fingerprint density at radius 3 is 2.27 bits per heavy atom. The molecular weight excluding hydrogens is 436 g/mol. The third-order valence-electron chi connectivity index (χ3n) is 5.49. The summed E-state index contributed by atoms with van der Waals surface area (Å²) in [5, 5.41) is 7.76. The van der Waals surface area contributed by atoms with Crippen molar-refractivity contribution in [3.8, 4) is 5.75 Å². The van der Waals surface area contributed by atoms with E-state index in [0.717, 1.165) is 39.5 Å². The van der Waals surface area contributed by atoms with Crippen molar-refractivity contribution >= 4 is 17.5 Å². The number of amides is 1. The highest BCUT2D eigenvalue weighted by molar-refractivity contribution is 6.30. The molecule has 168 valence electrons. The summed E-state index contributed by atoms with van der Waals surface area (Å²) < 4.78 is 11.0. The Morgan fingerprint density at radius 1 is 0.970 bits per heavy atom. The number of benzene rings is 3. The lowest BCUT2D eigenvalue weighted by molar-refractivity contribution is -0.120. The van der Waals surface area contributed by atoms with Gasteiger partial charge in [-0.2, -0.15) is 0 Å². The maximum atomic E-state index is 12.9. The molecule has 0 aliphatic heterocycles. The molecule has 0 saturated heterocycles. The summed E-state index contributed by atoms with van der Waals surface area (Å²) in [6.07, 6.45) is 0.265. The molecule has 0 bridgehead atoms. The average Bonchev–Trinajstić information content (AvgIpc) is 3.15. The fourth-order valence-corrected chi connectivity index (χ4v) is 3.75. The van der Waals surface area contributed by atoms with E-state index in [0.29, 0.717) is 11.6 Å². The molecular formula is C27H25ClN2O3. The molecule has 0 fully saturated rings. The third kappa shape index (κ3) is 5.82. The number of ether oxygens (including phenoxy) is 1. The molecule has 0 aliphatic carbocycles. The van der Waals surface area contributed by atoms with Crippen LogP contribution in [0.3, 0.4) is 0 Å². The Morgan fingerprint density at radius 2 is 1.64 bits per heavy atom. The van der Waals surface area contributed by atoms with Crippen LogP contribution in [0.25, 0.3) is 0 Å².